The molecule has 0 unspecified atom stereocenters. The van der Waals surface area contributed by atoms with Gasteiger partial charge in [-0.15, -0.1) is 0 Å². The van der Waals surface area contributed by atoms with Crippen molar-refractivity contribution in [3.8, 4) is 0 Å². The minimum atomic E-state index is -0.00393. The average Bonchev–Trinajstić information content (AvgIpc) is 2.53. The molecule has 0 saturated heterocycles. The van der Waals surface area contributed by atoms with Crippen molar-refractivity contribution >= 4 is 16.7 Å². The molecular weight excluding hydrogens is 194 g/mol. The summed E-state index contributed by atoms with van der Waals surface area (Å²) >= 11 is 0. The van der Waals surface area contributed by atoms with E-state index in [2.05, 4.69) is 15.2 Å². The van der Waals surface area contributed by atoms with E-state index < -0.39 is 0 Å². The van der Waals surface area contributed by atoms with E-state index in [0.717, 1.165) is 16.6 Å². The van der Waals surface area contributed by atoms with E-state index in [1.54, 1.807) is 16.9 Å². The number of aryl methyl sites for hydroxylation is 2. The lowest BCUT2D eigenvalue weighted by molar-refractivity contribution is 0.318. The van der Waals surface area contributed by atoms with Gasteiger partial charge in [0, 0.05) is 18.6 Å². The molecule has 0 amide bonds. The lowest BCUT2D eigenvalue weighted by Gasteiger charge is -1.98. The Balaban J connectivity index is 2.70. The highest BCUT2D eigenvalue weighted by Gasteiger charge is 2.08. The zero-order valence-electron chi connectivity index (χ0n) is 8.47. The molecule has 6 nitrogen and oxygen atoms in total. The molecule has 0 aliphatic carbocycles. The molecule has 15 heavy (non-hydrogen) atoms. The van der Waals surface area contributed by atoms with Crippen LogP contribution in [0.5, 0.6) is 0 Å². The summed E-state index contributed by atoms with van der Waals surface area (Å²) in [6, 6.07) is 1.74. The van der Waals surface area contributed by atoms with E-state index in [0.29, 0.717) is 5.69 Å². The van der Waals surface area contributed by atoms with Crippen LogP contribution in [0.25, 0.3) is 10.9 Å². The maximum absolute atomic E-state index is 8.54. The molecule has 0 atom stereocenters. The topological polar surface area (TPSA) is 89.3 Å². The summed E-state index contributed by atoms with van der Waals surface area (Å²) in [5, 5.41) is 16.7. The van der Waals surface area contributed by atoms with Crippen LogP contribution < -0.4 is 5.73 Å². The molecule has 2 heterocycles. The van der Waals surface area contributed by atoms with Crippen LogP contribution in [0, 0.1) is 6.92 Å². The standard InChI is InChI=1S/C9H11N5O/c1-5-6-4-11-7(9(10)13-15)3-8(6)14(2)12-5/h3-4,15H,1-2H3,(H2,10,13). The van der Waals surface area contributed by atoms with Gasteiger partial charge in [-0.05, 0) is 13.0 Å². The first-order chi connectivity index (χ1) is 7.13. The predicted octanol–water partition coefficient (Wildman–Crippen LogP) is 0.371. The van der Waals surface area contributed by atoms with Gasteiger partial charge in [-0.2, -0.15) is 5.10 Å². The third-order valence-corrected chi connectivity index (χ3v) is 2.29. The van der Waals surface area contributed by atoms with Crippen LogP contribution in [-0.4, -0.2) is 25.8 Å². The van der Waals surface area contributed by atoms with Gasteiger partial charge >= 0.3 is 0 Å². The number of hydrogen-bond donors (Lipinski definition) is 2. The lowest BCUT2D eigenvalue weighted by Crippen LogP contribution is -2.14. The SMILES string of the molecule is Cc1nn(C)c2cc(C(N)=NO)ncc12. The fourth-order valence-electron chi connectivity index (χ4n) is 1.52. The molecule has 0 fully saturated rings. The molecule has 2 aromatic heterocycles. The third-order valence-electron chi connectivity index (χ3n) is 2.29. The molecule has 6 heteroatoms. The number of amidine groups is 1. The van der Waals surface area contributed by atoms with Crippen LogP contribution in [0.2, 0.25) is 0 Å². The molecule has 0 bridgehead atoms. The number of aromatic nitrogens is 3. The second kappa shape index (κ2) is 3.23. The Morgan fingerprint density at radius 1 is 1.60 bits per heavy atom. The largest absolute Gasteiger partial charge is 0.409 e. The zero-order chi connectivity index (χ0) is 11.0. The van der Waals surface area contributed by atoms with Crippen molar-refractivity contribution in [3.63, 3.8) is 0 Å². The number of rotatable bonds is 1. The highest BCUT2D eigenvalue weighted by Crippen LogP contribution is 2.16. The quantitative estimate of drug-likeness (QED) is 0.304. The van der Waals surface area contributed by atoms with E-state index >= 15 is 0 Å². The molecule has 0 spiro atoms. The second-order valence-corrected chi connectivity index (χ2v) is 3.28. The van der Waals surface area contributed by atoms with E-state index in [1.165, 1.54) is 0 Å². The molecular formula is C9H11N5O. The van der Waals surface area contributed by atoms with Crippen molar-refractivity contribution in [3.05, 3.63) is 23.7 Å². The normalized spacial score (nSPS) is 12.3. The molecule has 3 N–H and O–H groups in total. The minimum absolute atomic E-state index is 0.00393. The third kappa shape index (κ3) is 1.39. The average molecular weight is 205 g/mol. The summed E-state index contributed by atoms with van der Waals surface area (Å²) in [5.41, 5.74) is 7.70. The van der Waals surface area contributed by atoms with Crippen LogP contribution >= 0.6 is 0 Å². The van der Waals surface area contributed by atoms with Gasteiger partial charge in [0.05, 0.1) is 11.2 Å². The van der Waals surface area contributed by atoms with Crippen molar-refractivity contribution in [1.82, 2.24) is 14.8 Å². The van der Waals surface area contributed by atoms with Crippen LogP contribution in [-0.2, 0) is 7.05 Å². The van der Waals surface area contributed by atoms with E-state index in [1.807, 2.05) is 14.0 Å². The number of oxime groups is 1. The van der Waals surface area contributed by atoms with Gasteiger partial charge in [-0.3, -0.25) is 9.67 Å². The van der Waals surface area contributed by atoms with Gasteiger partial charge in [0.1, 0.15) is 5.69 Å². The number of pyridine rings is 1. The Hall–Kier alpha value is -2.11. The highest BCUT2D eigenvalue weighted by atomic mass is 16.4. The molecule has 78 valence electrons. The fourth-order valence-corrected chi connectivity index (χ4v) is 1.52. The fraction of sp³-hybridized carbons (Fsp3) is 0.222. The van der Waals surface area contributed by atoms with Gasteiger partial charge in [0.25, 0.3) is 0 Å². The number of hydrogen-bond acceptors (Lipinski definition) is 4. The summed E-state index contributed by atoms with van der Waals surface area (Å²) in [4.78, 5) is 4.08. The minimum Gasteiger partial charge on any atom is -0.409 e. The summed E-state index contributed by atoms with van der Waals surface area (Å²) in [6.07, 6.45) is 1.67. The van der Waals surface area contributed by atoms with Crippen molar-refractivity contribution in [2.24, 2.45) is 17.9 Å². The molecule has 0 radical (unpaired) electrons. The van der Waals surface area contributed by atoms with Gasteiger partial charge in [0.2, 0.25) is 0 Å². The van der Waals surface area contributed by atoms with Crippen molar-refractivity contribution in [2.45, 2.75) is 6.92 Å². The van der Waals surface area contributed by atoms with Crippen LogP contribution in [0.3, 0.4) is 0 Å². The van der Waals surface area contributed by atoms with Crippen LogP contribution in [0.4, 0.5) is 0 Å². The molecule has 0 aromatic carbocycles. The van der Waals surface area contributed by atoms with E-state index in [4.69, 9.17) is 10.9 Å². The highest BCUT2D eigenvalue weighted by molar-refractivity contribution is 5.98. The summed E-state index contributed by atoms with van der Waals surface area (Å²) < 4.78 is 1.74. The lowest BCUT2D eigenvalue weighted by atomic mass is 10.2. The molecule has 0 aliphatic heterocycles. The molecule has 2 rings (SSSR count). The van der Waals surface area contributed by atoms with Gasteiger partial charge in [0.15, 0.2) is 5.84 Å². The number of fused-ring (bicyclic) bond motifs is 1. The van der Waals surface area contributed by atoms with Crippen LogP contribution in [0.15, 0.2) is 17.4 Å². The maximum Gasteiger partial charge on any atom is 0.188 e. The monoisotopic (exact) mass is 205 g/mol. The Labute approximate surface area is 86.0 Å². The number of nitrogens with two attached hydrogens (primary N) is 1. The Morgan fingerprint density at radius 3 is 3.00 bits per heavy atom. The Kier molecular flexibility index (Phi) is 2.03. The first kappa shape index (κ1) is 9.45. The Bertz CT molecular complexity index is 543. The molecule has 0 saturated carbocycles. The summed E-state index contributed by atoms with van der Waals surface area (Å²) in [6.45, 7) is 1.91. The van der Waals surface area contributed by atoms with Gasteiger partial charge < -0.3 is 10.9 Å². The smallest absolute Gasteiger partial charge is 0.188 e. The van der Waals surface area contributed by atoms with Crippen molar-refractivity contribution < 1.29 is 5.21 Å². The predicted molar refractivity (Wildman–Crippen MR) is 55.8 cm³/mol. The van der Waals surface area contributed by atoms with E-state index in [-0.39, 0.29) is 5.84 Å². The van der Waals surface area contributed by atoms with Crippen molar-refractivity contribution in [2.75, 3.05) is 0 Å². The molecule has 0 aliphatic rings. The summed E-state index contributed by atoms with van der Waals surface area (Å²) in [7, 11) is 1.84. The second-order valence-electron chi connectivity index (χ2n) is 3.28. The van der Waals surface area contributed by atoms with Gasteiger partial charge in [-0.1, -0.05) is 5.16 Å². The van der Waals surface area contributed by atoms with Crippen LogP contribution in [0.1, 0.15) is 11.4 Å². The maximum atomic E-state index is 8.54. The number of nitrogens with zero attached hydrogens (tertiary/aromatic N) is 4. The first-order valence-corrected chi connectivity index (χ1v) is 4.40. The zero-order valence-corrected chi connectivity index (χ0v) is 8.47. The van der Waals surface area contributed by atoms with Gasteiger partial charge in [-0.25, -0.2) is 0 Å². The van der Waals surface area contributed by atoms with E-state index in [9.17, 15) is 0 Å². The first-order valence-electron chi connectivity index (χ1n) is 4.40. The molecule has 2 aromatic rings. The Morgan fingerprint density at radius 2 is 2.33 bits per heavy atom. The van der Waals surface area contributed by atoms with Crippen molar-refractivity contribution in [1.29, 1.82) is 0 Å². The summed E-state index contributed by atoms with van der Waals surface area (Å²) in [5.74, 6) is -0.00393.